The van der Waals surface area contributed by atoms with Crippen molar-refractivity contribution in [3.05, 3.63) is 0 Å². The maximum Gasteiger partial charge on any atom is 0.310 e. The predicted octanol–water partition coefficient (Wildman–Crippen LogP) is 2.19. The summed E-state index contributed by atoms with van der Waals surface area (Å²) in [5.74, 6) is -0.758. The van der Waals surface area contributed by atoms with Gasteiger partial charge in [0, 0.05) is 13.0 Å². The van der Waals surface area contributed by atoms with Gasteiger partial charge >= 0.3 is 5.97 Å². The van der Waals surface area contributed by atoms with E-state index in [-0.39, 0.29) is 24.5 Å². The van der Waals surface area contributed by atoms with E-state index in [1.165, 1.54) is 0 Å². The number of ether oxygens (including phenoxy) is 1. The van der Waals surface area contributed by atoms with Gasteiger partial charge in [-0.1, -0.05) is 19.3 Å². The quantitative estimate of drug-likeness (QED) is 0.866. The van der Waals surface area contributed by atoms with Crippen molar-refractivity contribution >= 4 is 11.9 Å². The number of amides is 1. The molecule has 3 rings (SSSR count). The van der Waals surface area contributed by atoms with Crippen molar-refractivity contribution in [1.82, 2.24) is 4.90 Å². The normalized spacial score (nSPS) is 31.7. The highest BCUT2D eigenvalue weighted by Crippen LogP contribution is 2.41. The first kappa shape index (κ1) is 14.8. The van der Waals surface area contributed by atoms with Crippen molar-refractivity contribution in [3.63, 3.8) is 0 Å². The maximum atomic E-state index is 12.7. The van der Waals surface area contributed by atoms with Crippen molar-refractivity contribution in [3.8, 4) is 0 Å². The summed E-state index contributed by atoms with van der Waals surface area (Å²) in [4.78, 5) is 26.4. The fourth-order valence-corrected chi connectivity index (χ4v) is 4.32. The first-order valence-corrected chi connectivity index (χ1v) is 8.27. The minimum absolute atomic E-state index is 0.0273. The first-order valence-electron chi connectivity index (χ1n) is 8.27. The molecule has 0 aromatic heterocycles. The molecular weight excluding hydrogens is 270 g/mol. The molecule has 118 valence electrons. The highest BCUT2D eigenvalue weighted by molar-refractivity contribution is 5.85. The monoisotopic (exact) mass is 295 g/mol. The van der Waals surface area contributed by atoms with E-state index in [0.29, 0.717) is 26.0 Å². The Morgan fingerprint density at radius 1 is 1.14 bits per heavy atom. The van der Waals surface area contributed by atoms with Gasteiger partial charge in [0.05, 0.1) is 24.2 Å². The molecule has 1 saturated heterocycles. The number of morpholine rings is 1. The number of fused-ring (bicyclic) bond motifs is 1. The van der Waals surface area contributed by atoms with E-state index < -0.39 is 11.4 Å². The minimum Gasteiger partial charge on any atom is -0.481 e. The summed E-state index contributed by atoms with van der Waals surface area (Å²) >= 11 is 0. The van der Waals surface area contributed by atoms with Crippen LogP contribution in [0.3, 0.4) is 0 Å². The molecule has 0 radical (unpaired) electrons. The van der Waals surface area contributed by atoms with Crippen LogP contribution in [-0.4, -0.2) is 47.2 Å². The molecule has 0 spiro atoms. The summed E-state index contributed by atoms with van der Waals surface area (Å²) in [6.45, 7) is 1.21. The van der Waals surface area contributed by atoms with Crippen LogP contribution >= 0.6 is 0 Å². The van der Waals surface area contributed by atoms with Gasteiger partial charge in [-0.3, -0.25) is 9.59 Å². The number of carbonyl (C=O) groups is 2. The van der Waals surface area contributed by atoms with Crippen LogP contribution in [0.4, 0.5) is 0 Å². The molecule has 5 nitrogen and oxygen atoms in total. The van der Waals surface area contributed by atoms with Gasteiger partial charge in [0.2, 0.25) is 5.91 Å². The highest BCUT2D eigenvalue weighted by atomic mass is 16.5. The summed E-state index contributed by atoms with van der Waals surface area (Å²) < 4.78 is 5.73. The Morgan fingerprint density at radius 2 is 1.90 bits per heavy atom. The van der Waals surface area contributed by atoms with Gasteiger partial charge in [0.15, 0.2) is 0 Å². The molecule has 3 fully saturated rings. The molecular formula is C16H25NO4. The molecule has 5 heteroatoms. The van der Waals surface area contributed by atoms with Gasteiger partial charge in [-0.2, -0.15) is 0 Å². The molecule has 21 heavy (non-hydrogen) atoms. The molecule has 3 aliphatic rings. The third kappa shape index (κ3) is 2.80. The number of rotatable bonds is 3. The Balaban J connectivity index is 1.70. The van der Waals surface area contributed by atoms with Crippen LogP contribution < -0.4 is 0 Å². The third-order valence-corrected chi connectivity index (χ3v) is 5.56. The lowest BCUT2D eigenvalue weighted by atomic mass is 9.71. The van der Waals surface area contributed by atoms with Crippen LogP contribution in [0.2, 0.25) is 0 Å². The summed E-state index contributed by atoms with van der Waals surface area (Å²) in [5, 5.41) is 9.63. The summed E-state index contributed by atoms with van der Waals surface area (Å²) in [7, 11) is 0. The molecule has 2 atom stereocenters. The van der Waals surface area contributed by atoms with Gasteiger partial charge in [-0.25, -0.2) is 0 Å². The van der Waals surface area contributed by atoms with Crippen molar-refractivity contribution in [2.45, 2.75) is 69.9 Å². The Morgan fingerprint density at radius 3 is 2.62 bits per heavy atom. The molecule has 0 aromatic carbocycles. The minimum atomic E-state index is -0.818. The Kier molecular flexibility index (Phi) is 4.20. The predicted molar refractivity (Wildman–Crippen MR) is 76.9 cm³/mol. The van der Waals surface area contributed by atoms with Crippen molar-refractivity contribution in [1.29, 1.82) is 0 Å². The third-order valence-electron chi connectivity index (χ3n) is 5.56. The van der Waals surface area contributed by atoms with Crippen LogP contribution in [0.5, 0.6) is 0 Å². The lowest BCUT2D eigenvalue weighted by Gasteiger charge is -2.40. The van der Waals surface area contributed by atoms with Crippen LogP contribution in [0.1, 0.15) is 57.8 Å². The van der Waals surface area contributed by atoms with Gasteiger partial charge in [0.25, 0.3) is 0 Å². The number of aliphatic carboxylic acids is 1. The molecule has 1 amide bonds. The summed E-state index contributed by atoms with van der Waals surface area (Å²) in [5.41, 5.74) is -0.818. The van der Waals surface area contributed by atoms with E-state index in [0.717, 1.165) is 38.5 Å². The molecule has 1 N–H and O–H groups in total. The van der Waals surface area contributed by atoms with Gasteiger partial charge in [-0.15, -0.1) is 0 Å². The van der Waals surface area contributed by atoms with E-state index in [4.69, 9.17) is 4.74 Å². The number of hydrogen-bond donors (Lipinski definition) is 1. The lowest BCUT2D eigenvalue weighted by molar-refractivity contribution is -0.159. The maximum absolute atomic E-state index is 12.7. The number of nitrogens with zero attached hydrogens (tertiary/aromatic N) is 1. The van der Waals surface area contributed by atoms with Crippen LogP contribution in [-0.2, 0) is 14.3 Å². The molecule has 2 saturated carbocycles. The topological polar surface area (TPSA) is 66.8 Å². The van der Waals surface area contributed by atoms with E-state index in [2.05, 4.69) is 0 Å². The van der Waals surface area contributed by atoms with Crippen LogP contribution in [0, 0.1) is 5.41 Å². The second-order valence-corrected chi connectivity index (χ2v) is 6.82. The van der Waals surface area contributed by atoms with Gasteiger partial charge in [-0.05, 0) is 32.1 Å². The Hall–Kier alpha value is -1.10. The fourth-order valence-electron chi connectivity index (χ4n) is 4.32. The molecule has 0 bridgehead atoms. The smallest absolute Gasteiger partial charge is 0.310 e. The molecule has 0 aromatic rings. The second-order valence-electron chi connectivity index (χ2n) is 6.82. The fraction of sp³-hybridized carbons (Fsp3) is 0.875. The standard InChI is InChI=1S/C16H25NO4/c18-14(11-16(15(19)20)7-2-1-3-8-16)17-9-10-21-13-6-4-5-12(13)17/h12-13H,1-11H2,(H,19,20). The zero-order chi connectivity index (χ0) is 14.9. The molecule has 2 aliphatic carbocycles. The van der Waals surface area contributed by atoms with Crippen molar-refractivity contribution in [2.24, 2.45) is 5.41 Å². The Bertz CT molecular complexity index is 417. The van der Waals surface area contributed by atoms with Gasteiger partial charge < -0.3 is 14.7 Å². The zero-order valence-electron chi connectivity index (χ0n) is 12.6. The number of carboxylic acids is 1. The molecule has 2 unspecified atom stereocenters. The van der Waals surface area contributed by atoms with E-state index in [9.17, 15) is 14.7 Å². The number of carbonyl (C=O) groups excluding carboxylic acids is 1. The average molecular weight is 295 g/mol. The van der Waals surface area contributed by atoms with E-state index in [1.807, 2.05) is 4.90 Å². The average Bonchev–Trinajstić information content (AvgIpc) is 2.96. The van der Waals surface area contributed by atoms with E-state index >= 15 is 0 Å². The molecule has 1 aliphatic heterocycles. The summed E-state index contributed by atoms with van der Waals surface area (Å²) in [6, 6.07) is 0.181. The van der Waals surface area contributed by atoms with Crippen molar-refractivity contribution < 1.29 is 19.4 Å². The Labute approximate surface area is 125 Å². The number of carboxylic acid groups (broad SMARTS) is 1. The highest BCUT2D eigenvalue weighted by Gasteiger charge is 2.45. The van der Waals surface area contributed by atoms with Crippen molar-refractivity contribution in [2.75, 3.05) is 13.2 Å². The second kappa shape index (κ2) is 5.95. The van der Waals surface area contributed by atoms with Crippen LogP contribution in [0.25, 0.3) is 0 Å². The molecule has 1 heterocycles. The first-order chi connectivity index (χ1) is 10.1. The van der Waals surface area contributed by atoms with Crippen LogP contribution in [0.15, 0.2) is 0 Å². The van der Waals surface area contributed by atoms with Gasteiger partial charge in [0.1, 0.15) is 0 Å². The lowest BCUT2D eigenvalue weighted by Crippen LogP contribution is -2.53. The SMILES string of the molecule is O=C(CC1(C(=O)O)CCCCC1)N1CCOC2CCCC21. The zero-order valence-corrected chi connectivity index (χ0v) is 12.6. The summed E-state index contributed by atoms with van der Waals surface area (Å²) in [6.07, 6.45) is 7.70. The number of hydrogen-bond acceptors (Lipinski definition) is 3. The van der Waals surface area contributed by atoms with E-state index in [1.54, 1.807) is 0 Å². The largest absolute Gasteiger partial charge is 0.481 e.